The molecule has 0 aliphatic heterocycles. The molecule has 0 bridgehead atoms. The van der Waals surface area contributed by atoms with Gasteiger partial charge in [0.2, 0.25) is 0 Å². The molecule has 7 heteroatoms. The molecule has 7 nitrogen and oxygen atoms in total. The lowest BCUT2D eigenvalue weighted by atomic mass is 10.1. The predicted octanol–water partition coefficient (Wildman–Crippen LogP) is 2.66. The van der Waals surface area contributed by atoms with Gasteiger partial charge in [-0.05, 0) is 55.3 Å². The lowest BCUT2D eigenvalue weighted by molar-refractivity contribution is -0.123. The second kappa shape index (κ2) is 10.6. The van der Waals surface area contributed by atoms with Crippen LogP contribution in [-0.2, 0) is 11.2 Å². The highest BCUT2D eigenvalue weighted by Crippen LogP contribution is 2.28. The number of hydrogen-bond donors (Lipinski definition) is 2. The topological polar surface area (TPSA) is 85.9 Å². The zero-order chi connectivity index (χ0) is 20.4. The van der Waals surface area contributed by atoms with Gasteiger partial charge in [0.25, 0.3) is 11.8 Å². The minimum absolute atomic E-state index is 0.277. The van der Waals surface area contributed by atoms with Crippen LogP contribution in [0.2, 0.25) is 0 Å². The van der Waals surface area contributed by atoms with Crippen molar-refractivity contribution in [3.8, 4) is 17.2 Å². The third-order valence-electron chi connectivity index (χ3n) is 3.71. The van der Waals surface area contributed by atoms with Gasteiger partial charge in [-0.3, -0.25) is 20.4 Å². The van der Waals surface area contributed by atoms with Gasteiger partial charge in [-0.1, -0.05) is 12.1 Å². The molecule has 0 aliphatic rings. The van der Waals surface area contributed by atoms with Crippen LogP contribution in [0.15, 0.2) is 55.1 Å². The molecule has 0 fully saturated rings. The number of rotatable bonds is 9. The van der Waals surface area contributed by atoms with E-state index in [0.29, 0.717) is 35.8 Å². The van der Waals surface area contributed by atoms with Crippen molar-refractivity contribution >= 4 is 11.8 Å². The van der Waals surface area contributed by atoms with E-state index < -0.39 is 11.8 Å². The van der Waals surface area contributed by atoms with E-state index in [1.165, 1.54) is 7.11 Å². The molecule has 0 aromatic heterocycles. The Hall–Kier alpha value is -3.48. The maximum absolute atomic E-state index is 12.1. The van der Waals surface area contributed by atoms with Crippen LogP contribution in [-0.4, -0.2) is 32.1 Å². The Kier molecular flexibility index (Phi) is 7.90. The lowest BCUT2D eigenvalue weighted by Gasteiger charge is -2.12. The molecular weight excluding hydrogens is 360 g/mol. The van der Waals surface area contributed by atoms with E-state index in [1.54, 1.807) is 36.4 Å². The van der Waals surface area contributed by atoms with Gasteiger partial charge in [-0.25, -0.2) is 0 Å². The molecule has 2 N–H and O–H groups in total. The van der Waals surface area contributed by atoms with E-state index in [9.17, 15) is 9.59 Å². The van der Waals surface area contributed by atoms with Crippen LogP contribution in [0.25, 0.3) is 0 Å². The van der Waals surface area contributed by atoms with Crippen molar-refractivity contribution in [2.75, 3.05) is 20.3 Å². The number of allylic oxidation sites excluding steroid dienone is 1. The van der Waals surface area contributed by atoms with Crippen molar-refractivity contribution in [2.45, 2.75) is 13.3 Å². The third-order valence-corrected chi connectivity index (χ3v) is 3.71. The van der Waals surface area contributed by atoms with Crippen molar-refractivity contribution in [3.63, 3.8) is 0 Å². The van der Waals surface area contributed by atoms with Gasteiger partial charge >= 0.3 is 0 Å². The number of nitrogens with one attached hydrogen (secondary N) is 2. The van der Waals surface area contributed by atoms with Gasteiger partial charge in [-0.2, -0.15) is 0 Å². The maximum Gasteiger partial charge on any atom is 0.276 e. The van der Waals surface area contributed by atoms with E-state index in [-0.39, 0.29) is 6.61 Å². The summed E-state index contributed by atoms with van der Waals surface area (Å²) < 4.78 is 16.1. The normalized spacial score (nSPS) is 9.93. The number of hydrazine groups is 1. The number of hydrogen-bond acceptors (Lipinski definition) is 5. The van der Waals surface area contributed by atoms with Crippen molar-refractivity contribution in [2.24, 2.45) is 0 Å². The van der Waals surface area contributed by atoms with E-state index in [0.717, 1.165) is 5.56 Å². The molecule has 0 unspecified atom stereocenters. The zero-order valence-electron chi connectivity index (χ0n) is 16.0. The Bertz CT molecular complexity index is 818. The summed E-state index contributed by atoms with van der Waals surface area (Å²) in [5.74, 6) is 0.678. The summed E-state index contributed by atoms with van der Waals surface area (Å²) >= 11 is 0. The van der Waals surface area contributed by atoms with Crippen LogP contribution in [0, 0.1) is 0 Å². The first kappa shape index (κ1) is 20.8. The fourth-order valence-corrected chi connectivity index (χ4v) is 2.37. The standard InChI is InChI=1S/C21H24N2O5/c1-4-6-15-7-12-18(19(13-15)26-3)28-14-20(24)22-23-21(25)16-8-10-17(11-9-16)27-5-2/h4,7-13H,1,5-6,14H2,2-3H3,(H,22,24)(H,23,25). The van der Waals surface area contributed by atoms with Crippen LogP contribution in [0.5, 0.6) is 17.2 Å². The summed E-state index contributed by atoms with van der Waals surface area (Å²) in [6, 6.07) is 12.0. The van der Waals surface area contributed by atoms with Crippen molar-refractivity contribution in [1.82, 2.24) is 10.9 Å². The monoisotopic (exact) mass is 384 g/mol. The SMILES string of the molecule is C=CCc1ccc(OCC(=O)NNC(=O)c2ccc(OCC)cc2)c(OC)c1. The summed E-state index contributed by atoms with van der Waals surface area (Å²) in [4.78, 5) is 24.0. The van der Waals surface area contributed by atoms with Gasteiger partial charge in [0.05, 0.1) is 13.7 Å². The number of ether oxygens (including phenoxy) is 3. The largest absolute Gasteiger partial charge is 0.494 e. The van der Waals surface area contributed by atoms with Crippen molar-refractivity contribution < 1.29 is 23.8 Å². The Balaban J connectivity index is 1.84. The molecule has 28 heavy (non-hydrogen) atoms. The predicted molar refractivity (Wildman–Crippen MR) is 106 cm³/mol. The number of methoxy groups -OCH3 is 1. The molecule has 2 amide bonds. The fraction of sp³-hybridized carbons (Fsp3) is 0.238. The highest BCUT2D eigenvalue weighted by molar-refractivity contribution is 5.95. The summed E-state index contributed by atoms with van der Waals surface area (Å²) in [6.07, 6.45) is 2.49. The molecule has 2 rings (SSSR count). The Labute approximate surface area is 164 Å². The molecule has 0 heterocycles. The molecule has 0 aliphatic carbocycles. The van der Waals surface area contributed by atoms with Gasteiger partial charge < -0.3 is 14.2 Å². The molecule has 148 valence electrons. The number of amides is 2. The molecule has 0 radical (unpaired) electrons. The van der Waals surface area contributed by atoms with Crippen LogP contribution in [0.1, 0.15) is 22.8 Å². The van der Waals surface area contributed by atoms with Crippen molar-refractivity contribution in [3.05, 3.63) is 66.2 Å². The average molecular weight is 384 g/mol. The Morgan fingerprint density at radius 3 is 2.43 bits per heavy atom. The lowest BCUT2D eigenvalue weighted by Crippen LogP contribution is -2.43. The van der Waals surface area contributed by atoms with Crippen molar-refractivity contribution in [1.29, 1.82) is 0 Å². The quantitative estimate of drug-likeness (QED) is 0.513. The summed E-state index contributed by atoms with van der Waals surface area (Å²) in [5.41, 5.74) is 6.06. The first-order chi connectivity index (χ1) is 13.6. The first-order valence-electron chi connectivity index (χ1n) is 8.80. The number of benzene rings is 2. The van der Waals surface area contributed by atoms with E-state index in [2.05, 4.69) is 17.4 Å². The van der Waals surface area contributed by atoms with E-state index >= 15 is 0 Å². The van der Waals surface area contributed by atoms with Crippen LogP contribution in [0.3, 0.4) is 0 Å². The van der Waals surface area contributed by atoms with Crippen LogP contribution < -0.4 is 25.1 Å². The Morgan fingerprint density at radius 2 is 1.79 bits per heavy atom. The summed E-state index contributed by atoms with van der Waals surface area (Å²) in [5, 5.41) is 0. The van der Waals surface area contributed by atoms with Gasteiger partial charge in [0, 0.05) is 5.56 Å². The Morgan fingerprint density at radius 1 is 1.04 bits per heavy atom. The third kappa shape index (κ3) is 6.05. The average Bonchev–Trinajstić information content (AvgIpc) is 2.72. The maximum atomic E-state index is 12.1. The summed E-state index contributed by atoms with van der Waals surface area (Å²) in [7, 11) is 1.52. The minimum atomic E-state index is -0.503. The van der Waals surface area contributed by atoms with E-state index in [4.69, 9.17) is 14.2 Å². The molecule has 0 saturated carbocycles. The highest BCUT2D eigenvalue weighted by Gasteiger charge is 2.10. The fourth-order valence-electron chi connectivity index (χ4n) is 2.37. The molecule has 2 aromatic rings. The van der Waals surface area contributed by atoms with E-state index in [1.807, 2.05) is 19.1 Å². The van der Waals surface area contributed by atoms with Crippen LogP contribution >= 0.6 is 0 Å². The van der Waals surface area contributed by atoms with Crippen LogP contribution in [0.4, 0.5) is 0 Å². The second-order valence-electron chi connectivity index (χ2n) is 5.73. The molecule has 0 spiro atoms. The molecular formula is C21H24N2O5. The zero-order valence-corrected chi connectivity index (χ0v) is 16.0. The number of carbonyl (C=O) groups is 2. The summed E-state index contributed by atoms with van der Waals surface area (Å²) in [6.45, 7) is 5.84. The van der Waals surface area contributed by atoms with Gasteiger partial charge in [0.15, 0.2) is 18.1 Å². The molecule has 2 aromatic carbocycles. The highest BCUT2D eigenvalue weighted by atomic mass is 16.5. The first-order valence-corrected chi connectivity index (χ1v) is 8.80. The van der Waals surface area contributed by atoms with Gasteiger partial charge in [0.1, 0.15) is 5.75 Å². The molecule has 0 saturated heterocycles. The second-order valence-corrected chi connectivity index (χ2v) is 5.73. The minimum Gasteiger partial charge on any atom is -0.494 e. The molecule has 0 atom stereocenters. The number of carbonyl (C=O) groups excluding carboxylic acids is 2. The smallest absolute Gasteiger partial charge is 0.276 e. The van der Waals surface area contributed by atoms with Gasteiger partial charge in [-0.15, -0.1) is 6.58 Å².